The maximum atomic E-state index is 12.2. The maximum absolute atomic E-state index is 12.2. The van der Waals surface area contributed by atoms with Crippen molar-refractivity contribution in [2.24, 2.45) is 0 Å². The molecular weight excluding hydrogens is 342 g/mol. The Labute approximate surface area is 147 Å². The van der Waals surface area contributed by atoms with E-state index in [1.165, 1.54) is 33.2 Å². The number of nitrogens with one attached hydrogen (secondary N) is 1. The number of sulfonamides is 1. The third kappa shape index (κ3) is 4.71. The number of hydrogen-bond donors (Lipinski definition) is 1. The molecule has 0 bridgehead atoms. The summed E-state index contributed by atoms with van der Waals surface area (Å²) in [6, 6.07) is 9.42. The summed E-state index contributed by atoms with van der Waals surface area (Å²) in [5, 5.41) is 2.66. The number of nitrogens with zero attached hydrogens (tertiary/aromatic N) is 2. The fourth-order valence-corrected chi connectivity index (χ4v) is 3.09. The van der Waals surface area contributed by atoms with Crippen molar-refractivity contribution in [3.63, 3.8) is 0 Å². The van der Waals surface area contributed by atoms with E-state index in [0.717, 1.165) is 4.31 Å². The number of ketones is 1. The lowest BCUT2D eigenvalue weighted by atomic mass is 10.2. The number of anilines is 1. The standard InChI is InChI=1S/C17H19N3O4S/c1-13(21)14-6-5-9-20(11-14)12-17(22)18-15-7-4-8-16(10-15)25(23,24)19(2)3/h4-11H,12H2,1-3H3/p+1. The number of carbonyl (C=O) groups is 2. The molecule has 7 nitrogen and oxygen atoms in total. The Bertz CT molecular complexity index is 908. The van der Waals surface area contributed by atoms with Gasteiger partial charge in [-0.25, -0.2) is 12.7 Å². The summed E-state index contributed by atoms with van der Waals surface area (Å²) >= 11 is 0. The van der Waals surface area contributed by atoms with Gasteiger partial charge < -0.3 is 5.32 Å². The molecule has 0 unspecified atom stereocenters. The van der Waals surface area contributed by atoms with Crippen molar-refractivity contribution in [2.45, 2.75) is 18.4 Å². The number of pyridine rings is 1. The molecule has 0 spiro atoms. The predicted octanol–water partition coefficient (Wildman–Crippen LogP) is 1.07. The van der Waals surface area contributed by atoms with Gasteiger partial charge in [0.1, 0.15) is 0 Å². The number of amides is 1. The normalized spacial score (nSPS) is 11.4. The van der Waals surface area contributed by atoms with Crippen molar-refractivity contribution in [2.75, 3.05) is 19.4 Å². The molecule has 1 aromatic carbocycles. The molecule has 0 aliphatic rings. The van der Waals surface area contributed by atoms with Gasteiger partial charge in [0.2, 0.25) is 16.6 Å². The van der Waals surface area contributed by atoms with E-state index in [-0.39, 0.29) is 23.1 Å². The first-order valence-electron chi connectivity index (χ1n) is 7.52. The molecule has 132 valence electrons. The van der Waals surface area contributed by atoms with Gasteiger partial charge in [-0.05, 0) is 31.2 Å². The van der Waals surface area contributed by atoms with Crippen LogP contribution >= 0.6 is 0 Å². The van der Waals surface area contributed by atoms with Crippen LogP contribution < -0.4 is 9.88 Å². The molecule has 25 heavy (non-hydrogen) atoms. The monoisotopic (exact) mass is 362 g/mol. The zero-order valence-corrected chi connectivity index (χ0v) is 15.1. The quantitative estimate of drug-likeness (QED) is 0.615. The van der Waals surface area contributed by atoms with Gasteiger partial charge in [0.05, 0.1) is 10.5 Å². The van der Waals surface area contributed by atoms with Crippen LogP contribution in [0.15, 0.2) is 53.7 Å². The van der Waals surface area contributed by atoms with Crippen LogP contribution in [0.25, 0.3) is 0 Å². The second-order valence-electron chi connectivity index (χ2n) is 5.68. The zero-order valence-electron chi connectivity index (χ0n) is 14.3. The van der Waals surface area contributed by atoms with Crippen molar-refractivity contribution < 1.29 is 22.6 Å². The molecule has 0 radical (unpaired) electrons. The molecule has 0 saturated heterocycles. The number of carbonyl (C=O) groups excluding carboxylic acids is 2. The molecule has 0 aliphatic carbocycles. The molecule has 2 rings (SSSR count). The van der Waals surface area contributed by atoms with Gasteiger partial charge >= 0.3 is 0 Å². The number of rotatable bonds is 6. The first-order valence-corrected chi connectivity index (χ1v) is 8.96. The van der Waals surface area contributed by atoms with Crippen molar-refractivity contribution in [3.05, 3.63) is 54.4 Å². The third-order valence-corrected chi connectivity index (χ3v) is 5.30. The first-order chi connectivity index (χ1) is 11.7. The van der Waals surface area contributed by atoms with Crippen LogP contribution in [0.1, 0.15) is 17.3 Å². The Hall–Kier alpha value is -2.58. The molecule has 1 heterocycles. The van der Waals surface area contributed by atoms with E-state index in [4.69, 9.17) is 0 Å². The van der Waals surface area contributed by atoms with Crippen LogP contribution in [-0.4, -0.2) is 38.5 Å². The van der Waals surface area contributed by atoms with Crippen LogP contribution in [0, 0.1) is 0 Å². The Kier molecular flexibility index (Phi) is 5.66. The van der Waals surface area contributed by atoms with Gasteiger partial charge in [-0.3, -0.25) is 9.59 Å². The van der Waals surface area contributed by atoms with E-state index in [1.807, 2.05) is 0 Å². The van der Waals surface area contributed by atoms with Crippen LogP contribution in [-0.2, 0) is 21.4 Å². The number of Topliss-reactive ketones (excluding diaryl/α,β-unsaturated/α-hetero) is 1. The molecule has 0 atom stereocenters. The summed E-state index contributed by atoms with van der Waals surface area (Å²) in [7, 11) is -0.683. The van der Waals surface area contributed by atoms with Crippen LogP contribution in [0.2, 0.25) is 0 Å². The highest BCUT2D eigenvalue weighted by atomic mass is 32.2. The van der Waals surface area contributed by atoms with Crippen molar-refractivity contribution >= 4 is 27.4 Å². The minimum Gasteiger partial charge on any atom is -0.321 e. The van der Waals surface area contributed by atoms with Gasteiger partial charge in [-0.2, -0.15) is 4.57 Å². The molecule has 1 amide bonds. The molecule has 1 N–H and O–H groups in total. The summed E-state index contributed by atoms with van der Waals surface area (Å²) < 4.78 is 27.0. The van der Waals surface area contributed by atoms with Gasteiger partial charge in [-0.15, -0.1) is 0 Å². The van der Waals surface area contributed by atoms with Crippen LogP contribution in [0.4, 0.5) is 5.69 Å². The minimum atomic E-state index is -3.57. The average molecular weight is 362 g/mol. The predicted molar refractivity (Wildman–Crippen MR) is 92.6 cm³/mol. The summed E-state index contributed by atoms with van der Waals surface area (Å²) in [6.07, 6.45) is 3.27. The molecule has 0 aliphatic heterocycles. The topological polar surface area (TPSA) is 87.4 Å². The first kappa shape index (κ1) is 18.8. The molecule has 2 aromatic rings. The highest BCUT2D eigenvalue weighted by Gasteiger charge is 2.18. The maximum Gasteiger partial charge on any atom is 0.290 e. The third-order valence-electron chi connectivity index (χ3n) is 3.49. The second-order valence-corrected chi connectivity index (χ2v) is 7.84. The summed E-state index contributed by atoms with van der Waals surface area (Å²) in [5.74, 6) is -0.415. The Morgan fingerprint density at radius 2 is 1.88 bits per heavy atom. The lowest BCUT2D eigenvalue weighted by Gasteiger charge is -2.12. The van der Waals surface area contributed by atoms with Gasteiger partial charge in [0.25, 0.3) is 5.91 Å². The SMILES string of the molecule is CC(=O)c1ccc[n+](CC(=O)Nc2cccc(S(=O)(=O)N(C)C)c2)c1. The highest BCUT2D eigenvalue weighted by molar-refractivity contribution is 7.89. The summed E-state index contributed by atoms with van der Waals surface area (Å²) in [4.78, 5) is 23.7. The minimum absolute atomic E-state index is 0.00573. The molecule has 1 aromatic heterocycles. The lowest BCUT2D eigenvalue weighted by Crippen LogP contribution is -2.40. The van der Waals surface area contributed by atoms with Crippen LogP contribution in [0.5, 0.6) is 0 Å². The molecular formula is C17H20N3O4S+. The van der Waals surface area contributed by atoms with Gasteiger partial charge in [0.15, 0.2) is 18.2 Å². The van der Waals surface area contributed by atoms with Gasteiger partial charge in [0, 0.05) is 25.8 Å². The summed E-state index contributed by atoms with van der Waals surface area (Å²) in [5.41, 5.74) is 0.894. The van der Waals surface area contributed by atoms with Crippen molar-refractivity contribution in [3.8, 4) is 0 Å². The van der Waals surface area contributed by atoms with Crippen molar-refractivity contribution in [1.82, 2.24) is 4.31 Å². The van der Waals surface area contributed by atoms with E-state index >= 15 is 0 Å². The number of hydrogen-bond acceptors (Lipinski definition) is 4. The van der Waals surface area contributed by atoms with Gasteiger partial charge in [-0.1, -0.05) is 6.07 Å². The lowest BCUT2D eigenvalue weighted by molar-refractivity contribution is -0.684. The molecule has 0 saturated carbocycles. The summed E-state index contributed by atoms with van der Waals surface area (Å²) in [6.45, 7) is 1.46. The smallest absolute Gasteiger partial charge is 0.290 e. The largest absolute Gasteiger partial charge is 0.321 e. The van der Waals surface area contributed by atoms with Crippen LogP contribution in [0.3, 0.4) is 0 Å². The number of benzene rings is 1. The fourth-order valence-electron chi connectivity index (χ4n) is 2.14. The highest BCUT2D eigenvalue weighted by Crippen LogP contribution is 2.17. The van der Waals surface area contributed by atoms with Crippen molar-refractivity contribution in [1.29, 1.82) is 0 Å². The van der Waals surface area contributed by atoms with E-state index in [2.05, 4.69) is 5.32 Å². The Balaban J connectivity index is 2.14. The Morgan fingerprint density at radius 3 is 2.52 bits per heavy atom. The number of aromatic nitrogens is 1. The van der Waals surface area contributed by atoms with E-state index in [9.17, 15) is 18.0 Å². The van der Waals surface area contributed by atoms with E-state index in [1.54, 1.807) is 41.2 Å². The Morgan fingerprint density at radius 1 is 1.16 bits per heavy atom. The fraction of sp³-hybridized carbons (Fsp3) is 0.235. The van der Waals surface area contributed by atoms with E-state index in [0.29, 0.717) is 11.3 Å². The molecule has 0 fully saturated rings. The zero-order chi connectivity index (χ0) is 18.6. The van der Waals surface area contributed by atoms with E-state index < -0.39 is 10.0 Å². The average Bonchev–Trinajstić information content (AvgIpc) is 2.55. The molecule has 8 heteroatoms. The second kappa shape index (κ2) is 7.54.